The highest BCUT2D eigenvalue weighted by molar-refractivity contribution is 7.38. The molecule has 0 radical (unpaired) electrons. The van der Waals surface area contributed by atoms with Crippen LogP contribution in [0.5, 0.6) is 0 Å². The van der Waals surface area contributed by atoms with Crippen molar-refractivity contribution in [2.45, 2.75) is 85.7 Å². The molecule has 0 saturated carbocycles. The lowest BCUT2D eigenvalue weighted by molar-refractivity contribution is 0.272. The van der Waals surface area contributed by atoms with Gasteiger partial charge >= 0.3 is 0 Å². The van der Waals surface area contributed by atoms with Crippen LogP contribution < -0.4 is 0 Å². The summed E-state index contributed by atoms with van der Waals surface area (Å²) >= 11 is 0. The van der Waals surface area contributed by atoms with Gasteiger partial charge in [-0.25, -0.2) is 0 Å². The van der Waals surface area contributed by atoms with Gasteiger partial charge in [0.05, 0.1) is 0 Å². The van der Waals surface area contributed by atoms with Crippen LogP contribution in [-0.2, 0) is 4.57 Å². The Morgan fingerprint density at radius 1 is 1.21 bits per heavy atom. The average Bonchev–Trinajstić information content (AvgIpc) is 2.25. The van der Waals surface area contributed by atoms with Crippen molar-refractivity contribution in [3.8, 4) is 0 Å². The lowest BCUT2D eigenvalue weighted by atomic mass is 9.81. The molecule has 0 aromatic heterocycles. The number of hydrogen-bond donors (Lipinski definition) is 1. The highest BCUT2D eigenvalue weighted by Gasteiger charge is 2.27. The van der Waals surface area contributed by atoms with Gasteiger partial charge in [0, 0.05) is 5.66 Å². The van der Waals surface area contributed by atoms with Crippen LogP contribution in [0.3, 0.4) is 0 Å². The summed E-state index contributed by atoms with van der Waals surface area (Å²) < 4.78 is 11.7. The topological polar surface area (TPSA) is 37.3 Å². The Labute approximate surface area is 121 Å². The van der Waals surface area contributed by atoms with E-state index in [1.807, 2.05) is 0 Å². The van der Waals surface area contributed by atoms with Crippen molar-refractivity contribution in [2.24, 2.45) is 17.3 Å². The third kappa shape index (κ3) is 8.87. The van der Waals surface area contributed by atoms with Gasteiger partial charge in [-0.05, 0) is 36.5 Å². The Morgan fingerprint density at radius 2 is 1.79 bits per heavy atom. The molecule has 0 heterocycles. The van der Waals surface area contributed by atoms with Crippen LogP contribution in [-0.4, -0.2) is 10.6 Å². The molecule has 0 aliphatic carbocycles. The highest BCUT2D eigenvalue weighted by atomic mass is 31.1. The van der Waals surface area contributed by atoms with E-state index in [9.17, 15) is 9.46 Å². The van der Waals surface area contributed by atoms with Gasteiger partial charge in [0.25, 0.3) is 0 Å². The van der Waals surface area contributed by atoms with Crippen molar-refractivity contribution in [2.75, 3.05) is 0 Å². The quantitative estimate of drug-likeness (QED) is 0.569. The Hall–Kier alpha value is 0.190. The van der Waals surface area contributed by atoms with E-state index in [0.29, 0.717) is 17.3 Å². The summed E-state index contributed by atoms with van der Waals surface area (Å²) in [6.07, 6.45) is 6.53. The molecule has 0 bridgehead atoms. The molecule has 0 aliphatic rings. The molecular formula is C16H35O2P. The molecule has 3 heteroatoms. The van der Waals surface area contributed by atoms with Crippen LogP contribution in [0.1, 0.15) is 80.1 Å². The van der Waals surface area contributed by atoms with Crippen molar-refractivity contribution in [3.05, 3.63) is 0 Å². The Kier molecular flexibility index (Phi) is 9.28. The third-order valence-corrected chi connectivity index (χ3v) is 5.30. The molecule has 4 unspecified atom stereocenters. The Bertz CT molecular complexity index is 258. The molecule has 19 heavy (non-hydrogen) atoms. The van der Waals surface area contributed by atoms with Crippen LogP contribution in [0.4, 0.5) is 0 Å². The fourth-order valence-electron chi connectivity index (χ4n) is 3.21. The maximum absolute atomic E-state index is 11.7. The molecule has 0 rings (SSSR count). The van der Waals surface area contributed by atoms with Gasteiger partial charge in [-0.2, -0.15) is 0 Å². The van der Waals surface area contributed by atoms with Gasteiger partial charge < -0.3 is 4.89 Å². The predicted octanol–water partition coefficient (Wildman–Crippen LogP) is 5.50. The second kappa shape index (κ2) is 9.19. The molecule has 0 aromatic carbocycles. The average molecular weight is 290 g/mol. The van der Waals surface area contributed by atoms with E-state index in [1.54, 1.807) is 0 Å². The normalized spacial score (nSPS) is 18.9. The molecule has 4 atom stereocenters. The molecule has 0 spiro atoms. The summed E-state index contributed by atoms with van der Waals surface area (Å²) in [5.41, 5.74) is 0.333. The highest BCUT2D eigenvalue weighted by Crippen LogP contribution is 2.40. The fourth-order valence-corrected chi connectivity index (χ4v) is 4.62. The molecule has 0 fully saturated rings. The van der Waals surface area contributed by atoms with Crippen LogP contribution >= 0.6 is 8.03 Å². The molecule has 1 N–H and O–H groups in total. The SMILES string of the molecule is CCCCC(CC)C(CC(C)CC(C)(C)C)[PH](=O)O. The molecule has 0 saturated heterocycles. The first-order valence-corrected chi connectivity index (χ1v) is 9.37. The largest absolute Gasteiger partial charge is 0.346 e. The lowest BCUT2D eigenvalue weighted by Crippen LogP contribution is -2.22. The van der Waals surface area contributed by atoms with Crippen molar-refractivity contribution in [3.63, 3.8) is 0 Å². The van der Waals surface area contributed by atoms with Crippen LogP contribution in [0.25, 0.3) is 0 Å². The van der Waals surface area contributed by atoms with E-state index in [0.717, 1.165) is 25.7 Å². The molecule has 0 amide bonds. The summed E-state index contributed by atoms with van der Waals surface area (Å²) in [4.78, 5) is 9.71. The maximum Gasteiger partial charge on any atom is 0.192 e. The third-order valence-electron chi connectivity index (χ3n) is 3.96. The molecule has 0 aromatic rings. The molecule has 116 valence electrons. The molecule has 2 nitrogen and oxygen atoms in total. The summed E-state index contributed by atoms with van der Waals surface area (Å²) in [6, 6.07) is 0. The van der Waals surface area contributed by atoms with E-state index >= 15 is 0 Å². The summed E-state index contributed by atoms with van der Waals surface area (Å²) in [7, 11) is -2.41. The zero-order valence-electron chi connectivity index (χ0n) is 13.8. The van der Waals surface area contributed by atoms with Crippen LogP contribution in [0.2, 0.25) is 0 Å². The zero-order valence-corrected chi connectivity index (χ0v) is 14.8. The van der Waals surface area contributed by atoms with Gasteiger partial charge in [0.15, 0.2) is 8.03 Å². The van der Waals surface area contributed by atoms with Crippen molar-refractivity contribution in [1.29, 1.82) is 0 Å². The van der Waals surface area contributed by atoms with Crippen molar-refractivity contribution < 1.29 is 9.46 Å². The lowest BCUT2D eigenvalue weighted by Gasteiger charge is -2.29. The minimum absolute atomic E-state index is 0.0268. The molecular weight excluding hydrogens is 255 g/mol. The van der Waals surface area contributed by atoms with E-state index in [1.165, 1.54) is 12.8 Å². The predicted molar refractivity (Wildman–Crippen MR) is 86.2 cm³/mol. The first-order chi connectivity index (χ1) is 8.71. The first kappa shape index (κ1) is 19.2. The standard InChI is InChI=1S/C16H35O2P/c1-7-9-10-14(8-2)15(19(17)18)11-13(3)12-16(4,5)6/h13-15,19H,7-12H2,1-6H3,(H,17,18). The van der Waals surface area contributed by atoms with E-state index in [2.05, 4.69) is 41.5 Å². The Morgan fingerprint density at radius 3 is 2.16 bits per heavy atom. The van der Waals surface area contributed by atoms with Crippen molar-refractivity contribution >= 4 is 8.03 Å². The summed E-state index contributed by atoms with van der Waals surface area (Å²) in [5.74, 6) is 0.959. The zero-order chi connectivity index (χ0) is 15.1. The van der Waals surface area contributed by atoms with Gasteiger partial charge in [-0.1, -0.05) is 60.8 Å². The first-order valence-electron chi connectivity index (χ1n) is 7.94. The maximum atomic E-state index is 11.7. The van der Waals surface area contributed by atoms with E-state index < -0.39 is 8.03 Å². The smallest absolute Gasteiger partial charge is 0.192 e. The molecule has 0 aliphatic heterocycles. The second-order valence-electron chi connectivity index (χ2n) is 7.36. The van der Waals surface area contributed by atoms with E-state index in [-0.39, 0.29) is 5.66 Å². The second-order valence-corrected chi connectivity index (χ2v) is 8.78. The number of rotatable bonds is 9. The van der Waals surface area contributed by atoms with Crippen LogP contribution in [0.15, 0.2) is 0 Å². The number of hydrogen-bond acceptors (Lipinski definition) is 1. The fraction of sp³-hybridized carbons (Fsp3) is 1.00. The van der Waals surface area contributed by atoms with E-state index in [4.69, 9.17) is 0 Å². The number of unbranched alkanes of at least 4 members (excludes halogenated alkanes) is 1. The Balaban J connectivity index is 4.58. The van der Waals surface area contributed by atoms with Crippen LogP contribution in [0, 0.1) is 17.3 Å². The van der Waals surface area contributed by atoms with Gasteiger partial charge in [0.2, 0.25) is 0 Å². The van der Waals surface area contributed by atoms with Gasteiger partial charge in [-0.3, -0.25) is 4.57 Å². The minimum Gasteiger partial charge on any atom is -0.346 e. The van der Waals surface area contributed by atoms with Gasteiger partial charge in [-0.15, -0.1) is 0 Å². The summed E-state index contributed by atoms with van der Waals surface area (Å²) in [5, 5.41) is 0. The minimum atomic E-state index is -2.41. The van der Waals surface area contributed by atoms with Crippen molar-refractivity contribution in [1.82, 2.24) is 0 Å². The summed E-state index contributed by atoms with van der Waals surface area (Å²) in [6.45, 7) is 13.3. The van der Waals surface area contributed by atoms with Gasteiger partial charge in [0.1, 0.15) is 0 Å². The monoisotopic (exact) mass is 290 g/mol.